The zero-order valence-corrected chi connectivity index (χ0v) is 13.0. The van der Waals surface area contributed by atoms with E-state index in [1.54, 1.807) is 46.5 Å². The monoisotopic (exact) mass is 332 g/mol. The van der Waals surface area contributed by atoms with Gasteiger partial charge in [0, 0.05) is 17.3 Å². The van der Waals surface area contributed by atoms with Crippen LogP contribution in [0.4, 0.5) is 0 Å². The molecule has 2 aromatic carbocycles. The van der Waals surface area contributed by atoms with E-state index in [4.69, 9.17) is 0 Å². The first-order chi connectivity index (χ1) is 10.6. The van der Waals surface area contributed by atoms with E-state index in [0.717, 1.165) is 5.69 Å². The average molecular weight is 332 g/mol. The Morgan fingerprint density at radius 1 is 1.00 bits per heavy atom. The van der Waals surface area contributed by atoms with Gasteiger partial charge in [0.15, 0.2) is 0 Å². The maximum absolute atomic E-state index is 12.3. The lowest BCUT2D eigenvalue weighted by molar-refractivity contribution is 0.475. The van der Waals surface area contributed by atoms with Crippen molar-refractivity contribution in [3.63, 3.8) is 0 Å². The standard InChI is InChI=1S/C15H12N2O3S2/c18-13-8-6-12(7-9-13)17-10-11-21-15(17)16-22(19,20)14-4-2-1-3-5-14/h1-11,18H/b16-15-. The first-order valence-electron chi connectivity index (χ1n) is 6.38. The molecule has 3 rings (SSSR count). The van der Waals surface area contributed by atoms with Crippen molar-refractivity contribution in [3.8, 4) is 11.4 Å². The second-order valence-corrected chi connectivity index (χ2v) is 6.93. The number of sulfonamides is 1. The molecular formula is C15H12N2O3S2. The van der Waals surface area contributed by atoms with Crippen LogP contribution >= 0.6 is 11.3 Å². The summed E-state index contributed by atoms with van der Waals surface area (Å²) in [5.41, 5.74) is 0.723. The third kappa shape index (κ3) is 2.95. The summed E-state index contributed by atoms with van der Waals surface area (Å²) in [5.74, 6) is 0.148. The van der Waals surface area contributed by atoms with Crippen molar-refractivity contribution < 1.29 is 13.5 Å². The van der Waals surface area contributed by atoms with E-state index in [0.29, 0.717) is 4.80 Å². The number of hydrogen-bond donors (Lipinski definition) is 1. The summed E-state index contributed by atoms with van der Waals surface area (Å²) in [6.07, 6.45) is 1.73. The smallest absolute Gasteiger partial charge is 0.285 e. The molecule has 0 atom stereocenters. The number of phenols is 1. The molecule has 0 aliphatic heterocycles. The maximum Gasteiger partial charge on any atom is 0.285 e. The van der Waals surface area contributed by atoms with Crippen LogP contribution < -0.4 is 4.80 Å². The number of benzene rings is 2. The SMILES string of the molecule is O=S(=O)(/N=c1\sccn1-c1ccc(O)cc1)c1ccccc1. The lowest BCUT2D eigenvalue weighted by atomic mass is 10.3. The van der Waals surface area contributed by atoms with Crippen molar-refractivity contribution in [2.24, 2.45) is 4.40 Å². The number of aromatic nitrogens is 1. The highest BCUT2D eigenvalue weighted by molar-refractivity contribution is 7.90. The Bertz CT molecular complexity index is 940. The van der Waals surface area contributed by atoms with Crippen molar-refractivity contribution in [3.05, 3.63) is 71.0 Å². The molecule has 7 heteroatoms. The van der Waals surface area contributed by atoms with Gasteiger partial charge in [0.2, 0.25) is 4.80 Å². The van der Waals surface area contributed by atoms with Crippen molar-refractivity contribution in [2.75, 3.05) is 0 Å². The van der Waals surface area contributed by atoms with Crippen LogP contribution in [0.3, 0.4) is 0 Å². The van der Waals surface area contributed by atoms with Crippen molar-refractivity contribution >= 4 is 21.4 Å². The lowest BCUT2D eigenvalue weighted by Crippen LogP contribution is -2.14. The molecule has 0 unspecified atom stereocenters. The second kappa shape index (κ2) is 5.78. The minimum Gasteiger partial charge on any atom is -0.508 e. The second-order valence-electron chi connectivity index (χ2n) is 4.45. The fourth-order valence-corrected chi connectivity index (χ4v) is 3.85. The van der Waals surface area contributed by atoms with E-state index in [2.05, 4.69) is 4.40 Å². The Balaban J connectivity index is 2.11. The van der Waals surface area contributed by atoms with Crippen molar-refractivity contribution in [1.82, 2.24) is 4.57 Å². The summed E-state index contributed by atoms with van der Waals surface area (Å²) in [7, 11) is -3.76. The van der Waals surface area contributed by atoms with E-state index in [1.165, 1.54) is 35.6 Å². The molecule has 1 N–H and O–H groups in total. The Hall–Kier alpha value is -2.38. The molecule has 0 amide bonds. The van der Waals surface area contributed by atoms with Gasteiger partial charge in [0.1, 0.15) is 5.75 Å². The predicted molar refractivity (Wildman–Crippen MR) is 84.5 cm³/mol. The summed E-state index contributed by atoms with van der Waals surface area (Å²) in [4.78, 5) is 0.496. The Kier molecular flexibility index (Phi) is 3.82. The number of hydrogen-bond acceptors (Lipinski definition) is 4. The predicted octanol–water partition coefficient (Wildman–Crippen LogP) is 2.53. The Morgan fingerprint density at radius 2 is 1.68 bits per heavy atom. The van der Waals surface area contributed by atoms with E-state index in [-0.39, 0.29) is 10.6 Å². The molecule has 0 fully saturated rings. The molecule has 0 bridgehead atoms. The highest BCUT2D eigenvalue weighted by atomic mass is 32.2. The normalized spacial score (nSPS) is 12.5. The Labute approximate surface area is 131 Å². The van der Waals surface area contributed by atoms with Gasteiger partial charge < -0.3 is 5.11 Å². The molecule has 0 saturated heterocycles. The van der Waals surface area contributed by atoms with Gasteiger partial charge in [-0.3, -0.25) is 4.57 Å². The van der Waals surface area contributed by atoms with Crippen LogP contribution in [0.2, 0.25) is 0 Å². The third-order valence-electron chi connectivity index (χ3n) is 2.96. The fourth-order valence-electron chi connectivity index (χ4n) is 1.90. The molecule has 5 nitrogen and oxygen atoms in total. The first kappa shape index (κ1) is 14.6. The summed E-state index contributed by atoms with van der Waals surface area (Å²) in [6.45, 7) is 0. The van der Waals surface area contributed by atoms with E-state index < -0.39 is 10.0 Å². The van der Waals surface area contributed by atoms with Gasteiger partial charge in [-0.2, -0.15) is 8.42 Å². The largest absolute Gasteiger partial charge is 0.508 e. The van der Waals surface area contributed by atoms with E-state index in [1.807, 2.05) is 0 Å². The molecule has 112 valence electrons. The zero-order valence-electron chi connectivity index (χ0n) is 11.3. The number of aromatic hydroxyl groups is 1. The number of nitrogens with zero attached hydrogens (tertiary/aromatic N) is 2. The molecule has 22 heavy (non-hydrogen) atoms. The van der Waals surface area contributed by atoms with Crippen LogP contribution in [0, 0.1) is 0 Å². The third-order valence-corrected chi connectivity index (χ3v) is 5.11. The summed E-state index contributed by atoms with van der Waals surface area (Å²) in [5, 5.41) is 11.1. The highest BCUT2D eigenvalue weighted by Gasteiger charge is 2.12. The minimum atomic E-state index is -3.76. The van der Waals surface area contributed by atoms with Crippen molar-refractivity contribution in [1.29, 1.82) is 0 Å². The van der Waals surface area contributed by atoms with Gasteiger partial charge in [0.05, 0.1) is 4.90 Å². The summed E-state index contributed by atoms with van der Waals surface area (Å²) >= 11 is 1.22. The molecule has 0 radical (unpaired) electrons. The summed E-state index contributed by atoms with van der Waals surface area (Å²) in [6, 6.07) is 14.5. The minimum absolute atomic E-state index is 0.148. The van der Waals surface area contributed by atoms with Gasteiger partial charge in [-0.15, -0.1) is 15.7 Å². The van der Waals surface area contributed by atoms with Gasteiger partial charge in [-0.1, -0.05) is 18.2 Å². The van der Waals surface area contributed by atoms with Crippen molar-refractivity contribution in [2.45, 2.75) is 4.90 Å². The maximum atomic E-state index is 12.3. The molecule has 1 aromatic heterocycles. The quantitative estimate of drug-likeness (QED) is 0.801. The molecule has 3 aromatic rings. The average Bonchev–Trinajstić information content (AvgIpc) is 2.96. The summed E-state index contributed by atoms with van der Waals surface area (Å²) < 4.78 is 30.2. The van der Waals surface area contributed by atoms with Gasteiger partial charge >= 0.3 is 0 Å². The van der Waals surface area contributed by atoms with Gasteiger partial charge in [0.25, 0.3) is 10.0 Å². The number of thiazole rings is 1. The van der Waals surface area contributed by atoms with Crippen LogP contribution in [0.1, 0.15) is 0 Å². The number of rotatable bonds is 3. The lowest BCUT2D eigenvalue weighted by Gasteiger charge is -2.03. The van der Waals surface area contributed by atoms with Crippen LogP contribution in [0.5, 0.6) is 5.75 Å². The van der Waals surface area contributed by atoms with E-state index >= 15 is 0 Å². The number of phenolic OH excluding ortho intramolecular Hbond substituents is 1. The molecule has 1 heterocycles. The van der Waals surface area contributed by atoms with Gasteiger partial charge in [-0.25, -0.2) is 0 Å². The van der Waals surface area contributed by atoms with Crippen LogP contribution in [-0.2, 0) is 10.0 Å². The topological polar surface area (TPSA) is 71.7 Å². The van der Waals surface area contributed by atoms with Gasteiger partial charge in [-0.05, 0) is 36.4 Å². The van der Waals surface area contributed by atoms with E-state index in [9.17, 15) is 13.5 Å². The fraction of sp³-hybridized carbons (Fsp3) is 0. The molecule has 0 spiro atoms. The highest BCUT2D eigenvalue weighted by Crippen LogP contribution is 2.14. The van der Waals surface area contributed by atoms with Crippen LogP contribution in [0.25, 0.3) is 5.69 Å². The van der Waals surface area contributed by atoms with Crippen LogP contribution in [0.15, 0.2) is 75.5 Å². The molecule has 0 aliphatic rings. The van der Waals surface area contributed by atoms with Crippen LogP contribution in [-0.4, -0.2) is 18.1 Å². The zero-order chi connectivity index (χ0) is 15.6. The first-order valence-corrected chi connectivity index (χ1v) is 8.70. The molecular weight excluding hydrogens is 320 g/mol. The Morgan fingerprint density at radius 3 is 2.36 bits per heavy atom. The molecule has 0 saturated carbocycles. The molecule has 0 aliphatic carbocycles.